The lowest BCUT2D eigenvalue weighted by Crippen LogP contribution is -2.45. The van der Waals surface area contributed by atoms with Gasteiger partial charge in [0.1, 0.15) is 0 Å². The minimum Gasteiger partial charge on any atom is -0.356 e. The van der Waals surface area contributed by atoms with Gasteiger partial charge in [-0.2, -0.15) is 0 Å². The number of nitrogens with one attached hydrogen (secondary N) is 2. The van der Waals surface area contributed by atoms with Gasteiger partial charge in [-0.15, -0.1) is 0 Å². The van der Waals surface area contributed by atoms with Crippen molar-refractivity contribution in [1.29, 1.82) is 0 Å². The van der Waals surface area contributed by atoms with Crippen LogP contribution in [0.25, 0.3) is 0 Å². The van der Waals surface area contributed by atoms with Gasteiger partial charge in [0, 0.05) is 26.4 Å². The predicted molar refractivity (Wildman–Crippen MR) is 67.4 cm³/mol. The molecule has 0 spiro atoms. The largest absolute Gasteiger partial charge is 0.356 e. The normalized spacial score (nSPS) is 27.3. The predicted octanol–water partition coefficient (Wildman–Crippen LogP) is 1.45. The summed E-state index contributed by atoms with van der Waals surface area (Å²) >= 11 is 0. The number of amides is 2. The molecule has 1 saturated carbocycles. The molecule has 0 aliphatic heterocycles. The second kappa shape index (κ2) is 5.52. The Bertz CT molecular complexity index is 300. The fourth-order valence-electron chi connectivity index (χ4n) is 2.94. The van der Waals surface area contributed by atoms with Gasteiger partial charge in [-0.3, -0.25) is 9.59 Å². The molecule has 0 aromatic rings. The van der Waals surface area contributed by atoms with E-state index in [1.807, 2.05) is 0 Å². The Morgan fingerprint density at radius 3 is 2.35 bits per heavy atom. The van der Waals surface area contributed by atoms with Crippen LogP contribution >= 0.6 is 0 Å². The second-order valence-electron chi connectivity index (χ2n) is 6.01. The van der Waals surface area contributed by atoms with Crippen LogP contribution < -0.4 is 10.6 Å². The first-order chi connectivity index (χ1) is 7.78. The van der Waals surface area contributed by atoms with Crippen LogP contribution in [0.15, 0.2) is 0 Å². The molecule has 0 aromatic carbocycles. The number of carbonyl (C=O) groups excluding carboxylic acids is 2. The number of hydrogen-bond donors (Lipinski definition) is 2. The molecule has 0 heterocycles. The Labute approximate surface area is 104 Å². The quantitative estimate of drug-likeness (QED) is 0.784. The molecule has 98 valence electrons. The lowest BCUT2D eigenvalue weighted by molar-refractivity contribution is -0.121. The summed E-state index contributed by atoms with van der Waals surface area (Å²) in [7, 11) is 0. The molecule has 17 heavy (non-hydrogen) atoms. The summed E-state index contributed by atoms with van der Waals surface area (Å²) in [6.45, 7) is 8.27. The van der Waals surface area contributed by atoms with E-state index in [1.165, 1.54) is 0 Å². The Balaban J connectivity index is 2.54. The molecular formula is C13H24N2O2. The van der Waals surface area contributed by atoms with E-state index < -0.39 is 0 Å². The van der Waals surface area contributed by atoms with Gasteiger partial charge >= 0.3 is 0 Å². The molecule has 4 heteroatoms. The van der Waals surface area contributed by atoms with Crippen LogP contribution in [-0.2, 0) is 9.59 Å². The van der Waals surface area contributed by atoms with E-state index in [4.69, 9.17) is 0 Å². The first-order valence-corrected chi connectivity index (χ1v) is 6.30. The molecule has 1 fully saturated rings. The molecule has 2 N–H and O–H groups in total. The monoisotopic (exact) mass is 240 g/mol. The second-order valence-corrected chi connectivity index (χ2v) is 6.01. The van der Waals surface area contributed by atoms with Crippen molar-refractivity contribution >= 4 is 11.8 Å². The molecule has 1 aliphatic carbocycles. The summed E-state index contributed by atoms with van der Waals surface area (Å²) in [4.78, 5) is 22.0. The van der Waals surface area contributed by atoms with Gasteiger partial charge in [-0.25, -0.2) is 0 Å². The van der Waals surface area contributed by atoms with Crippen LogP contribution in [0.2, 0.25) is 0 Å². The third-order valence-corrected chi connectivity index (χ3v) is 3.31. The summed E-state index contributed by atoms with van der Waals surface area (Å²) in [5, 5.41) is 5.88. The van der Waals surface area contributed by atoms with Crippen LogP contribution in [0.3, 0.4) is 0 Å². The van der Waals surface area contributed by atoms with Crippen molar-refractivity contribution in [3.8, 4) is 0 Å². The third kappa shape index (κ3) is 5.20. The van der Waals surface area contributed by atoms with Gasteiger partial charge in [0.2, 0.25) is 11.8 Å². The van der Waals surface area contributed by atoms with Crippen LogP contribution in [0.4, 0.5) is 0 Å². The molecule has 2 atom stereocenters. The maximum atomic E-state index is 11.1. The number of hydrogen-bond acceptors (Lipinski definition) is 2. The van der Waals surface area contributed by atoms with Crippen molar-refractivity contribution < 1.29 is 9.59 Å². The standard InChI is InChI=1S/C13H24N2O2/c1-9(16)14-8-11-5-12(15-10(2)17)7-13(3,4)6-11/h11-12H,5-8H2,1-4H3,(H,14,16)(H,15,17)/t11-,12-/m1/s1. The van der Waals surface area contributed by atoms with Crippen molar-refractivity contribution in [2.45, 2.75) is 53.0 Å². The average Bonchev–Trinajstić information content (AvgIpc) is 2.10. The summed E-state index contributed by atoms with van der Waals surface area (Å²) in [6.07, 6.45) is 3.08. The average molecular weight is 240 g/mol. The number of carbonyl (C=O) groups is 2. The molecule has 0 aromatic heterocycles. The Morgan fingerprint density at radius 2 is 1.82 bits per heavy atom. The summed E-state index contributed by atoms with van der Waals surface area (Å²) in [5.74, 6) is 0.509. The van der Waals surface area contributed by atoms with Crippen molar-refractivity contribution in [2.24, 2.45) is 11.3 Å². The Hall–Kier alpha value is -1.06. The first-order valence-electron chi connectivity index (χ1n) is 6.30. The molecule has 2 amide bonds. The third-order valence-electron chi connectivity index (χ3n) is 3.31. The van der Waals surface area contributed by atoms with E-state index >= 15 is 0 Å². The molecule has 0 unspecified atom stereocenters. The smallest absolute Gasteiger partial charge is 0.217 e. The maximum absolute atomic E-state index is 11.1. The highest BCUT2D eigenvalue weighted by Crippen LogP contribution is 2.38. The van der Waals surface area contributed by atoms with Crippen molar-refractivity contribution in [2.75, 3.05) is 6.54 Å². The topological polar surface area (TPSA) is 58.2 Å². The van der Waals surface area contributed by atoms with Crippen LogP contribution in [0.1, 0.15) is 47.0 Å². The van der Waals surface area contributed by atoms with Crippen molar-refractivity contribution in [1.82, 2.24) is 10.6 Å². The molecule has 0 radical (unpaired) electrons. The fraction of sp³-hybridized carbons (Fsp3) is 0.846. The SMILES string of the molecule is CC(=O)NC[C@@H]1C[C@@H](NC(C)=O)CC(C)(C)C1. The molecule has 1 rings (SSSR count). The van der Waals surface area contributed by atoms with Gasteiger partial charge in [0.15, 0.2) is 0 Å². The maximum Gasteiger partial charge on any atom is 0.217 e. The molecule has 0 saturated heterocycles. The minimum atomic E-state index is 0.0180. The highest BCUT2D eigenvalue weighted by atomic mass is 16.2. The molecular weight excluding hydrogens is 216 g/mol. The van der Waals surface area contributed by atoms with Gasteiger partial charge in [-0.05, 0) is 30.6 Å². The first kappa shape index (κ1) is 14.0. The van der Waals surface area contributed by atoms with E-state index in [-0.39, 0.29) is 23.3 Å². The van der Waals surface area contributed by atoms with E-state index in [2.05, 4.69) is 24.5 Å². The molecule has 0 bridgehead atoms. The van der Waals surface area contributed by atoms with E-state index in [0.29, 0.717) is 5.92 Å². The highest BCUT2D eigenvalue weighted by Gasteiger charge is 2.34. The zero-order chi connectivity index (χ0) is 13.1. The minimum absolute atomic E-state index is 0.0180. The highest BCUT2D eigenvalue weighted by molar-refractivity contribution is 5.73. The summed E-state index contributed by atoms with van der Waals surface area (Å²) in [5.41, 5.74) is 0.231. The zero-order valence-electron chi connectivity index (χ0n) is 11.3. The fourth-order valence-corrected chi connectivity index (χ4v) is 2.94. The van der Waals surface area contributed by atoms with Gasteiger partial charge in [0.25, 0.3) is 0 Å². The number of rotatable bonds is 3. The van der Waals surface area contributed by atoms with E-state index in [9.17, 15) is 9.59 Å². The van der Waals surface area contributed by atoms with Crippen LogP contribution in [0, 0.1) is 11.3 Å². The van der Waals surface area contributed by atoms with Crippen molar-refractivity contribution in [3.63, 3.8) is 0 Å². The lowest BCUT2D eigenvalue weighted by Gasteiger charge is -2.40. The lowest BCUT2D eigenvalue weighted by atomic mass is 9.70. The molecule has 4 nitrogen and oxygen atoms in total. The van der Waals surface area contributed by atoms with Gasteiger partial charge in [0.05, 0.1) is 0 Å². The Kier molecular flexibility index (Phi) is 4.54. The van der Waals surface area contributed by atoms with E-state index in [1.54, 1.807) is 13.8 Å². The zero-order valence-corrected chi connectivity index (χ0v) is 11.3. The van der Waals surface area contributed by atoms with Gasteiger partial charge < -0.3 is 10.6 Å². The summed E-state index contributed by atoms with van der Waals surface area (Å²) in [6, 6.07) is 0.245. The molecule has 1 aliphatic rings. The summed E-state index contributed by atoms with van der Waals surface area (Å²) < 4.78 is 0. The Morgan fingerprint density at radius 1 is 1.18 bits per heavy atom. The van der Waals surface area contributed by atoms with Gasteiger partial charge in [-0.1, -0.05) is 13.8 Å². The van der Waals surface area contributed by atoms with Crippen LogP contribution in [0.5, 0.6) is 0 Å². The van der Waals surface area contributed by atoms with E-state index in [0.717, 1.165) is 25.8 Å². The van der Waals surface area contributed by atoms with Crippen molar-refractivity contribution in [3.05, 3.63) is 0 Å². The van der Waals surface area contributed by atoms with Crippen LogP contribution in [-0.4, -0.2) is 24.4 Å².